The van der Waals surface area contributed by atoms with Crippen molar-refractivity contribution in [3.8, 4) is 0 Å². The van der Waals surface area contributed by atoms with Crippen LogP contribution < -0.4 is 0 Å². The molecule has 0 heterocycles. The van der Waals surface area contributed by atoms with E-state index < -0.39 is 13.9 Å². The highest BCUT2D eigenvalue weighted by molar-refractivity contribution is 7.46. The summed E-state index contributed by atoms with van der Waals surface area (Å²) in [6.45, 7) is 2.00. The van der Waals surface area contributed by atoms with Crippen molar-refractivity contribution in [1.29, 1.82) is 0 Å². The van der Waals surface area contributed by atoms with Gasteiger partial charge < -0.3 is 14.9 Å². The first-order valence-corrected chi connectivity index (χ1v) is 16.4. The first-order valence-electron chi connectivity index (χ1n) is 14.8. The number of phosphoric acid groups is 1. The molecular weight excluding hydrogens is 447 g/mol. The summed E-state index contributed by atoms with van der Waals surface area (Å²) >= 11 is 0. The monoisotopic (exact) mass is 506 g/mol. The van der Waals surface area contributed by atoms with E-state index in [9.17, 15) is 9.67 Å². The number of hydrogen-bond donors (Lipinski definition) is 3. The first-order chi connectivity index (χ1) is 16.5. The molecule has 0 amide bonds. The summed E-state index contributed by atoms with van der Waals surface area (Å²) in [5, 5.41) is 9.62. The SMILES string of the molecule is CCCCCCCCCCCCCCCCCCCCCCCCCC[C@@H](O)COP(=O)(O)O. The zero-order valence-electron chi connectivity index (χ0n) is 22.6. The van der Waals surface area contributed by atoms with Crippen LogP contribution in [-0.4, -0.2) is 27.6 Å². The van der Waals surface area contributed by atoms with E-state index in [1.54, 1.807) is 0 Å². The van der Waals surface area contributed by atoms with Crippen LogP contribution in [0.25, 0.3) is 0 Å². The van der Waals surface area contributed by atoms with Crippen LogP contribution in [-0.2, 0) is 9.09 Å². The van der Waals surface area contributed by atoms with E-state index in [1.165, 1.54) is 141 Å². The number of hydrogen-bond acceptors (Lipinski definition) is 3. The van der Waals surface area contributed by atoms with Crippen molar-refractivity contribution in [3.63, 3.8) is 0 Å². The Morgan fingerprint density at radius 2 is 0.794 bits per heavy atom. The average Bonchev–Trinajstić information content (AvgIpc) is 2.80. The largest absolute Gasteiger partial charge is 0.469 e. The molecule has 5 nitrogen and oxygen atoms in total. The fraction of sp³-hybridized carbons (Fsp3) is 1.00. The quantitative estimate of drug-likeness (QED) is 0.0727. The molecule has 0 aromatic rings. The van der Waals surface area contributed by atoms with Crippen LogP contribution in [0.3, 0.4) is 0 Å². The molecule has 0 aliphatic rings. The lowest BCUT2D eigenvalue weighted by Gasteiger charge is -2.11. The molecule has 0 aliphatic heterocycles. The number of aliphatic hydroxyl groups excluding tert-OH is 1. The molecule has 3 N–H and O–H groups in total. The average molecular weight is 507 g/mol. The van der Waals surface area contributed by atoms with E-state index in [4.69, 9.17) is 9.79 Å². The van der Waals surface area contributed by atoms with Gasteiger partial charge in [-0.15, -0.1) is 0 Å². The summed E-state index contributed by atoms with van der Waals surface area (Å²) in [5.41, 5.74) is 0. The van der Waals surface area contributed by atoms with E-state index >= 15 is 0 Å². The summed E-state index contributed by atoms with van der Waals surface area (Å²) in [7, 11) is -4.46. The third kappa shape index (κ3) is 30.1. The fourth-order valence-electron chi connectivity index (χ4n) is 4.61. The van der Waals surface area contributed by atoms with Gasteiger partial charge in [0.25, 0.3) is 0 Å². The Kier molecular flexibility index (Phi) is 26.2. The minimum absolute atomic E-state index is 0.288. The molecule has 206 valence electrons. The fourth-order valence-corrected chi connectivity index (χ4v) is 4.98. The zero-order valence-corrected chi connectivity index (χ0v) is 23.5. The first kappa shape index (κ1) is 34.1. The highest BCUT2D eigenvalue weighted by Gasteiger charge is 2.16. The van der Waals surface area contributed by atoms with Crippen molar-refractivity contribution in [2.75, 3.05) is 6.61 Å². The van der Waals surface area contributed by atoms with Crippen LogP contribution in [0.5, 0.6) is 0 Å². The van der Waals surface area contributed by atoms with Gasteiger partial charge in [-0.1, -0.05) is 161 Å². The van der Waals surface area contributed by atoms with Gasteiger partial charge in [-0.2, -0.15) is 0 Å². The van der Waals surface area contributed by atoms with Gasteiger partial charge in [-0.3, -0.25) is 4.52 Å². The van der Waals surface area contributed by atoms with Crippen molar-refractivity contribution in [3.05, 3.63) is 0 Å². The van der Waals surface area contributed by atoms with Gasteiger partial charge in [0.05, 0.1) is 12.7 Å². The van der Waals surface area contributed by atoms with Gasteiger partial charge >= 0.3 is 7.82 Å². The summed E-state index contributed by atoms with van der Waals surface area (Å²) in [6.07, 6.45) is 32.4. The molecule has 0 fully saturated rings. The van der Waals surface area contributed by atoms with E-state index in [1.807, 2.05) is 0 Å². The second-order valence-corrected chi connectivity index (χ2v) is 11.6. The van der Waals surface area contributed by atoms with Gasteiger partial charge in [0.15, 0.2) is 0 Å². The third-order valence-electron chi connectivity index (χ3n) is 6.83. The summed E-state index contributed by atoms with van der Waals surface area (Å²) in [5.74, 6) is 0. The Morgan fingerprint density at radius 1 is 0.529 bits per heavy atom. The molecule has 0 saturated heterocycles. The van der Waals surface area contributed by atoms with E-state index in [2.05, 4.69) is 11.4 Å². The molecule has 0 aromatic heterocycles. The molecule has 6 heteroatoms. The molecule has 0 radical (unpaired) electrons. The standard InChI is InChI=1S/C28H59O5P/c1-2-3-4-5-6-7-8-9-10-11-12-13-14-15-16-17-18-19-20-21-22-23-24-25-26-28(29)27-33-34(30,31)32/h28-29H,2-27H2,1H3,(H2,30,31,32)/t28-/m1/s1. The molecule has 0 rings (SSSR count). The normalized spacial score (nSPS) is 12.9. The molecule has 0 aliphatic carbocycles. The lowest BCUT2D eigenvalue weighted by molar-refractivity contribution is 0.0774. The number of phosphoric ester groups is 1. The molecule has 34 heavy (non-hydrogen) atoms. The maximum Gasteiger partial charge on any atom is 0.469 e. The van der Waals surface area contributed by atoms with Gasteiger partial charge in [0.2, 0.25) is 0 Å². The topological polar surface area (TPSA) is 87.0 Å². The molecule has 0 aromatic carbocycles. The predicted molar refractivity (Wildman–Crippen MR) is 145 cm³/mol. The maximum atomic E-state index is 10.6. The van der Waals surface area contributed by atoms with E-state index in [-0.39, 0.29) is 6.61 Å². The van der Waals surface area contributed by atoms with Crippen molar-refractivity contribution in [2.24, 2.45) is 0 Å². The number of rotatable bonds is 28. The van der Waals surface area contributed by atoms with Gasteiger partial charge in [-0.25, -0.2) is 4.57 Å². The second kappa shape index (κ2) is 26.1. The predicted octanol–water partition coefficient (Wildman–Crippen LogP) is 9.23. The molecule has 0 unspecified atom stereocenters. The number of aliphatic hydroxyl groups is 1. The van der Waals surface area contributed by atoms with Crippen LogP contribution in [0.2, 0.25) is 0 Å². The Morgan fingerprint density at radius 3 is 1.06 bits per heavy atom. The highest BCUT2D eigenvalue weighted by atomic mass is 31.2. The summed E-state index contributed by atoms with van der Waals surface area (Å²) in [4.78, 5) is 17.2. The molecule has 0 spiro atoms. The van der Waals surface area contributed by atoms with Crippen molar-refractivity contribution < 1.29 is 24.0 Å². The Hall–Kier alpha value is 0.0700. The minimum atomic E-state index is -4.46. The van der Waals surface area contributed by atoms with Crippen LogP contribution in [0.4, 0.5) is 0 Å². The van der Waals surface area contributed by atoms with Gasteiger partial charge in [0, 0.05) is 0 Å². The Balaban J connectivity index is 3.11. The van der Waals surface area contributed by atoms with Crippen LogP contribution >= 0.6 is 7.82 Å². The summed E-state index contributed by atoms with van der Waals surface area (Å²) in [6, 6.07) is 0. The van der Waals surface area contributed by atoms with E-state index in [0.29, 0.717) is 6.42 Å². The lowest BCUT2D eigenvalue weighted by Crippen LogP contribution is -2.14. The molecule has 0 saturated carbocycles. The number of unbranched alkanes of at least 4 members (excludes halogenated alkanes) is 23. The van der Waals surface area contributed by atoms with Gasteiger partial charge in [-0.05, 0) is 6.42 Å². The van der Waals surface area contributed by atoms with Crippen molar-refractivity contribution in [2.45, 2.75) is 174 Å². The Labute approximate surface area is 212 Å². The van der Waals surface area contributed by atoms with Crippen molar-refractivity contribution in [1.82, 2.24) is 0 Å². The minimum Gasteiger partial charge on any atom is -0.391 e. The third-order valence-corrected chi connectivity index (χ3v) is 7.31. The molecular formula is C28H59O5P. The molecule has 0 bridgehead atoms. The Bertz CT molecular complexity index is 441. The second-order valence-electron chi connectivity index (χ2n) is 10.4. The van der Waals surface area contributed by atoms with Crippen LogP contribution in [0.15, 0.2) is 0 Å². The molecule has 1 atom stereocenters. The van der Waals surface area contributed by atoms with Crippen LogP contribution in [0.1, 0.15) is 167 Å². The smallest absolute Gasteiger partial charge is 0.391 e. The van der Waals surface area contributed by atoms with Crippen molar-refractivity contribution >= 4 is 7.82 Å². The maximum absolute atomic E-state index is 10.6. The van der Waals surface area contributed by atoms with Crippen LogP contribution in [0, 0.1) is 0 Å². The zero-order chi connectivity index (χ0) is 25.2. The van der Waals surface area contributed by atoms with E-state index in [0.717, 1.165) is 12.8 Å². The highest BCUT2D eigenvalue weighted by Crippen LogP contribution is 2.35. The van der Waals surface area contributed by atoms with Gasteiger partial charge in [0.1, 0.15) is 0 Å². The lowest BCUT2D eigenvalue weighted by atomic mass is 10.0. The summed E-state index contributed by atoms with van der Waals surface area (Å²) < 4.78 is 14.9.